The maximum absolute atomic E-state index is 13.2. The number of thioether (sulfide) groups is 3. The minimum atomic E-state index is -0.811. The lowest BCUT2D eigenvalue weighted by Crippen LogP contribution is -2.57. The van der Waals surface area contributed by atoms with Crippen LogP contribution < -0.4 is 17.1 Å². The molecule has 0 spiro atoms. The summed E-state index contributed by atoms with van der Waals surface area (Å²) in [4.78, 5) is 39.5. The van der Waals surface area contributed by atoms with E-state index in [0.717, 1.165) is 13.7 Å². The van der Waals surface area contributed by atoms with Crippen LogP contribution in [-0.4, -0.2) is 63.6 Å². The Labute approximate surface area is 210 Å². The highest BCUT2D eigenvalue weighted by atomic mass is 32.2. The van der Waals surface area contributed by atoms with Crippen LogP contribution in [0, 0.1) is 0 Å². The van der Waals surface area contributed by atoms with Crippen molar-refractivity contribution in [1.29, 1.82) is 0 Å². The van der Waals surface area contributed by atoms with Crippen molar-refractivity contribution in [3.63, 3.8) is 0 Å². The van der Waals surface area contributed by atoms with Crippen LogP contribution in [0.4, 0.5) is 0 Å². The molecule has 0 saturated carbocycles. The Balaban J connectivity index is 1.67. The molecule has 1 aromatic heterocycles. The van der Waals surface area contributed by atoms with Crippen LogP contribution in [-0.2, 0) is 81.5 Å². The zero-order valence-electron chi connectivity index (χ0n) is 16.7. The van der Waals surface area contributed by atoms with Gasteiger partial charge in [-0.25, -0.2) is 28.1 Å². The van der Waals surface area contributed by atoms with Crippen molar-refractivity contribution in [2.75, 3.05) is 17.3 Å². The summed E-state index contributed by atoms with van der Waals surface area (Å²) in [6.45, 7) is -0.373. The molecule has 0 amide bonds. The van der Waals surface area contributed by atoms with Gasteiger partial charge in [0.25, 0.3) is 0 Å². The van der Waals surface area contributed by atoms with Crippen molar-refractivity contribution >= 4 is 70.3 Å². The molecule has 0 bridgehead atoms. The predicted molar refractivity (Wildman–Crippen MR) is 127 cm³/mol. The summed E-state index contributed by atoms with van der Waals surface area (Å²) in [6.07, 6.45) is -1.65. The van der Waals surface area contributed by atoms with Gasteiger partial charge in [-0.1, -0.05) is 35.3 Å². The molecule has 0 aromatic carbocycles. The van der Waals surface area contributed by atoms with Crippen molar-refractivity contribution in [2.24, 2.45) is 0 Å². The average Bonchev–Trinajstić information content (AvgIpc) is 3.57. The summed E-state index contributed by atoms with van der Waals surface area (Å²) < 4.78 is 50.6. The predicted octanol–water partition coefficient (Wildman–Crippen LogP) is -1.30. The van der Waals surface area contributed by atoms with E-state index in [0.29, 0.717) is 17.3 Å². The molecule has 0 N–H and O–H groups in total. The van der Waals surface area contributed by atoms with Gasteiger partial charge < -0.3 is 14.2 Å². The van der Waals surface area contributed by atoms with Gasteiger partial charge in [-0.15, -0.1) is 0 Å². The molecule has 3 saturated heterocycles. The Morgan fingerprint density at radius 3 is 1.09 bits per heavy atom. The number of aromatic nitrogens is 3. The van der Waals surface area contributed by atoms with E-state index >= 15 is 0 Å². The second-order valence-electron chi connectivity index (χ2n) is 7.11. The summed E-state index contributed by atoms with van der Waals surface area (Å²) in [6, 6.07) is 0. The lowest BCUT2D eigenvalue weighted by Gasteiger charge is -2.18. The van der Waals surface area contributed by atoms with E-state index in [1.165, 1.54) is 35.3 Å². The topological polar surface area (TPSA) is 145 Å². The molecular formula is C15H18N3O9S6+3. The van der Waals surface area contributed by atoms with Gasteiger partial charge in [-0.2, -0.15) is 0 Å². The fraction of sp³-hybridized carbons (Fsp3) is 0.800. The lowest BCUT2D eigenvalue weighted by molar-refractivity contribution is 0.0761. The normalized spacial score (nSPS) is 31.6. The van der Waals surface area contributed by atoms with Crippen LogP contribution in [0.2, 0.25) is 0 Å². The molecule has 180 valence electrons. The van der Waals surface area contributed by atoms with Crippen LogP contribution in [0.25, 0.3) is 0 Å². The number of hydrogen-bond donors (Lipinski definition) is 0. The average molecular weight is 577 g/mol. The molecule has 33 heavy (non-hydrogen) atoms. The fourth-order valence-electron chi connectivity index (χ4n) is 3.47. The molecule has 1 aromatic rings. The number of ether oxygens (including phenoxy) is 3. The quantitative estimate of drug-likeness (QED) is 0.322. The highest BCUT2D eigenvalue weighted by Crippen LogP contribution is 2.27. The van der Waals surface area contributed by atoms with Crippen LogP contribution in [0.1, 0.15) is 0 Å². The van der Waals surface area contributed by atoms with Gasteiger partial charge in [0.1, 0.15) is 0 Å². The maximum Gasteiger partial charge on any atom is 0.506 e. The molecule has 6 atom stereocenters. The minimum Gasteiger partial charge on any atom is -0.308 e. The van der Waals surface area contributed by atoms with E-state index in [9.17, 15) is 27.0 Å². The smallest absolute Gasteiger partial charge is 0.308 e. The van der Waals surface area contributed by atoms with Gasteiger partial charge >= 0.3 is 66.4 Å². The molecule has 4 heterocycles. The van der Waals surface area contributed by atoms with Crippen LogP contribution in [0.3, 0.4) is 0 Å². The SMILES string of the molecule is O=[S+]C1OC(Cn2c(=O)n(CC3CSC([S+]=O)O3)c(=O)n(CC3CSC([S+]=O)O3)c2=O)CS1. The summed E-state index contributed by atoms with van der Waals surface area (Å²) in [5.41, 5.74) is -2.43. The maximum atomic E-state index is 13.2. The Morgan fingerprint density at radius 1 is 0.606 bits per heavy atom. The fourth-order valence-corrected chi connectivity index (χ4v) is 7.82. The van der Waals surface area contributed by atoms with E-state index in [1.807, 2.05) is 0 Å². The molecule has 3 aliphatic rings. The molecule has 18 heteroatoms. The van der Waals surface area contributed by atoms with Crippen molar-refractivity contribution in [3.05, 3.63) is 31.5 Å². The second kappa shape index (κ2) is 11.4. The minimum absolute atomic E-state index is 0.124. The van der Waals surface area contributed by atoms with Crippen LogP contribution >= 0.6 is 35.3 Å². The highest BCUT2D eigenvalue weighted by Gasteiger charge is 2.39. The first-order chi connectivity index (χ1) is 15.9. The zero-order valence-corrected chi connectivity index (χ0v) is 21.6. The Bertz CT molecular complexity index is 929. The van der Waals surface area contributed by atoms with E-state index in [4.69, 9.17) is 14.2 Å². The van der Waals surface area contributed by atoms with Crippen LogP contribution in [0.5, 0.6) is 0 Å². The van der Waals surface area contributed by atoms with E-state index in [2.05, 4.69) is 0 Å². The van der Waals surface area contributed by atoms with Gasteiger partial charge in [0.2, 0.25) is 0 Å². The molecular weight excluding hydrogens is 559 g/mol. The Hall–Kier alpha value is -0.600. The van der Waals surface area contributed by atoms with Gasteiger partial charge in [-0.05, 0) is 0 Å². The molecule has 6 unspecified atom stereocenters. The number of hydrogen-bond acceptors (Lipinski definition) is 12. The standard InChI is InChI=1S/C15H18N3O9S6/c19-10-16(1-7-4-28-13(25-7)31-22)11(20)18(3-9-6-30-15(27-9)33-24)12(21)17(10)2-8-5-29-14(26-8)32-23/h7-9,13-15H,1-6H2/q+3. The van der Waals surface area contributed by atoms with Gasteiger partial charge in [-0.3, -0.25) is 0 Å². The Kier molecular flexibility index (Phi) is 8.82. The monoisotopic (exact) mass is 576 g/mol. The van der Waals surface area contributed by atoms with E-state index in [-0.39, 0.29) is 54.6 Å². The third-order valence-electron chi connectivity index (χ3n) is 4.95. The summed E-state index contributed by atoms with van der Waals surface area (Å²) >= 11 is 4.68. The van der Waals surface area contributed by atoms with Crippen molar-refractivity contribution in [2.45, 2.75) is 52.3 Å². The first-order valence-corrected chi connectivity index (χ1v) is 15.1. The van der Waals surface area contributed by atoms with Crippen molar-refractivity contribution in [3.8, 4) is 0 Å². The first-order valence-electron chi connectivity index (χ1n) is 9.55. The summed E-state index contributed by atoms with van der Waals surface area (Å²) in [7, 11) is 0. The first kappa shape index (κ1) is 25.5. The highest BCUT2D eigenvalue weighted by molar-refractivity contribution is 8.07. The largest absolute Gasteiger partial charge is 0.506 e. The molecule has 12 nitrogen and oxygen atoms in total. The van der Waals surface area contributed by atoms with E-state index in [1.54, 1.807) is 0 Å². The molecule has 0 radical (unpaired) electrons. The van der Waals surface area contributed by atoms with Gasteiger partial charge in [0.15, 0.2) is 0 Å². The second-order valence-corrected chi connectivity index (χ2v) is 13.1. The summed E-state index contributed by atoms with van der Waals surface area (Å²) in [5, 5.41) is 0. The van der Waals surface area contributed by atoms with E-state index < -0.39 is 49.7 Å². The lowest BCUT2D eigenvalue weighted by atomic mass is 10.3. The van der Waals surface area contributed by atoms with Gasteiger partial charge in [0.05, 0.1) is 37.9 Å². The molecule has 4 rings (SSSR count). The number of rotatable bonds is 9. The Morgan fingerprint density at radius 2 is 0.879 bits per heavy atom. The third-order valence-corrected chi connectivity index (χ3v) is 10.5. The van der Waals surface area contributed by atoms with Crippen molar-refractivity contribution in [1.82, 2.24) is 13.7 Å². The third kappa shape index (κ3) is 5.80. The number of nitrogens with zero attached hydrogens (tertiary/aromatic N) is 3. The summed E-state index contributed by atoms with van der Waals surface area (Å²) in [5.74, 6) is 1.25. The molecule has 0 aliphatic carbocycles. The zero-order chi connectivity index (χ0) is 23.5. The molecule has 3 fully saturated rings. The molecule has 3 aliphatic heterocycles. The van der Waals surface area contributed by atoms with Gasteiger partial charge in [0, 0.05) is 29.9 Å². The van der Waals surface area contributed by atoms with Crippen molar-refractivity contribution < 1.29 is 26.8 Å². The van der Waals surface area contributed by atoms with Crippen LogP contribution in [0.15, 0.2) is 14.4 Å².